The van der Waals surface area contributed by atoms with Crippen molar-refractivity contribution in [2.24, 2.45) is 5.10 Å². The van der Waals surface area contributed by atoms with Crippen LogP contribution in [-0.4, -0.2) is 22.5 Å². The maximum absolute atomic E-state index is 11.9. The van der Waals surface area contributed by atoms with E-state index in [2.05, 4.69) is 20.8 Å². The van der Waals surface area contributed by atoms with Crippen LogP contribution >= 0.6 is 11.6 Å². The summed E-state index contributed by atoms with van der Waals surface area (Å²) in [4.78, 5) is 27.9. The summed E-state index contributed by atoms with van der Waals surface area (Å²) in [5.74, 6) is -0.139. The highest BCUT2D eigenvalue weighted by molar-refractivity contribution is 6.30. The molecule has 0 saturated carbocycles. The van der Waals surface area contributed by atoms with Gasteiger partial charge in [-0.3, -0.25) is 9.59 Å². The maximum atomic E-state index is 11.9. The Balaban J connectivity index is 1.87. The van der Waals surface area contributed by atoms with Gasteiger partial charge in [0.05, 0.1) is 6.42 Å². The second kappa shape index (κ2) is 8.21. The molecule has 0 bridgehead atoms. The lowest BCUT2D eigenvalue weighted by Gasteiger charge is -2.05. The average molecular weight is 345 g/mol. The van der Waals surface area contributed by atoms with Crippen molar-refractivity contribution in [1.82, 2.24) is 10.4 Å². The fourth-order valence-corrected chi connectivity index (χ4v) is 2.00. The van der Waals surface area contributed by atoms with E-state index in [1.807, 2.05) is 13.0 Å². The Bertz CT molecular complexity index is 772. The monoisotopic (exact) mass is 344 g/mol. The van der Waals surface area contributed by atoms with Gasteiger partial charge in [0.1, 0.15) is 5.82 Å². The first-order valence-corrected chi connectivity index (χ1v) is 7.63. The van der Waals surface area contributed by atoms with Crippen LogP contribution in [0.1, 0.15) is 29.3 Å². The molecule has 0 aliphatic carbocycles. The molecule has 1 aromatic carbocycles. The third kappa shape index (κ3) is 5.48. The molecule has 0 unspecified atom stereocenters. The van der Waals surface area contributed by atoms with E-state index in [4.69, 9.17) is 11.6 Å². The van der Waals surface area contributed by atoms with Gasteiger partial charge in [-0.1, -0.05) is 11.6 Å². The molecule has 1 heterocycles. The van der Waals surface area contributed by atoms with Gasteiger partial charge in [-0.25, -0.2) is 10.4 Å². The first-order chi connectivity index (χ1) is 11.4. The predicted octanol–water partition coefficient (Wildman–Crippen LogP) is 3.18. The Morgan fingerprint density at radius 3 is 2.58 bits per heavy atom. The number of hydrazone groups is 1. The molecule has 124 valence electrons. The molecule has 0 fully saturated rings. The summed E-state index contributed by atoms with van der Waals surface area (Å²) < 4.78 is 0. The minimum Gasteiger partial charge on any atom is -0.310 e. The number of nitrogens with zero attached hydrogens (tertiary/aromatic N) is 2. The number of amides is 2. The van der Waals surface area contributed by atoms with Crippen LogP contribution in [-0.2, 0) is 4.79 Å². The predicted molar refractivity (Wildman–Crippen MR) is 94.2 cm³/mol. The highest BCUT2D eigenvalue weighted by Crippen LogP contribution is 2.09. The number of benzene rings is 1. The summed E-state index contributed by atoms with van der Waals surface area (Å²) in [5, 5.41) is 7.15. The Kier molecular flexibility index (Phi) is 6.03. The smallest absolute Gasteiger partial charge is 0.271 e. The summed E-state index contributed by atoms with van der Waals surface area (Å²) >= 11 is 5.77. The van der Waals surface area contributed by atoms with E-state index < -0.39 is 0 Å². The van der Waals surface area contributed by atoms with E-state index in [1.165, 1.54) is 0 Å². The van der Waals surface area contributed by atoms with E-state index in [-0.39, 0.29) is 18.2 Å². The first kappa shape index (κ1) is 17.6. The Morgan fingerprint density at radius 1 is 1.21 bits per heavy atom. The Hall–Kier alpha value is -2.73. The molecule has 2 amide bonds. The molecule has 0 spiro atoms. The summed E-state index contributed by atoms with van der Waals surface area (Å²) in [7, 11) is 0. The number of hydrogen-bond donors (Lipinski definition) is 2. The minimum atomic E-state index is -0.369. The van der Waals surface area contributed by atoms with Gasteiger partial charge < -0.3 is 5.32 Å². The average Bonchev–Trinajstić information content (AvgIpc) is 2.53. The zero-order valence-corrected chi connectivity index (χ0v) is 14.1. The highest BCUT2D eigenvalue weighted by Gasteiger charge is 2.07. The van der Waals surface area contributed by atoms with Crippen LogP contribution in [0.3, 0.4) is 0 Å². The molecule has 2 aromatic rings. The molecule has 0 aliphatic rings. The van der Waals surface area contributed by atoms with Gasteiger partial charge in [0.2, 0.25) is 5.91 Å². The Labute approximate surface area is 144 Å². The number of carbonyl (C=O) groups excluding carboxylic acids is 2. The van der Waals surface area contributed by atoms with E-state index in [1.54, 1.807) is 43.5 Å². The van der Waals surface area contributed by atoms with Gasteiger partial charge in [-0.15, -0.1) is 0 Å². The lowest BCUT2D eigenvalue weighted by atomic mass is 10.2. The van der Waals surface area contributed by atoms with Crippen molar-refractivity contribution < 1.29 is 9.59 Å². The van der Waals surface area contributed by atoms with E-state index in [0.29, 0.717) is 22.1 Å². The fourth-order valence-electron chi connectivity index (χ4n) is 1.88. The molecule has 0 saturated heterocycles. The largest absolute Gasteiger partial charge is 0.310 e. The van der Waals surface area contributed by atoms with Crippen LogP contribution in [0.5, 0.6) is 0 Å². The highest BCUT2D eigenvalue weighted by atomic mass is 35.5. The van der Waals surface area contributed by atoms with Crippen molar-refractivity contribution in [1.29, 1.82) is 0 Å². The maximum Gasteiger partial charge on any atom is 0.271 e. The standard InChI is InChI=1S/C17H17ClN4O2/c1-11-7-8-19-15(9-11)20-16(23)10-12(2)21-22-17(24)13-3-5-14(18)6-4-13/h3-9H,10H2,1-2H3,(H,22,24)(H,19,20,23)/b21-12+. The lowest BCUT2D eigenvalue weighted by Crippen LogP contribution is -2.21. The van der Waals surface area contributed by atoms with Gasteiger partial charge in [0.25, 0.3) is 5.91 Å². The zero-order chi connectivity index (χ0) is 17.5. The van der Waals surface area contributed by atoms with Crippen LogP contribution in [0.4, 0.5) is 5.82 Å². The second-order valence-corrected chi connectivity index (χ2v) is 5.67. The normalized spacial score (nSPS) is 11.0. The SMILES string of the molecule is C/C(CC(=O)Nc1cc(C)ccn1)=N\NC(=O)c1ccc(Cl)cc1. The number of carbonyl (C=O) groups is 2. The molecular formula is C17H17ClN4O2. The number of aryl methyl sites for hydroxylation is 1. The van der Waals surface area contributed by atoms with Gasteiger partial charge >= 0.3 is 0 Å². The third-order valence-corrected chi connectivity index (χ3v) is 3.31. The topological polar surface area (TPSA) is 83.4 Å². The van der Waals surface area contributed by atoms with E-state index >= 15 is 0 Å². The molecular weight excluding hydrogens is 328 g/mol. The van der Waals surface area contributed by atoms with E-state index in [0.717, 1.165) is 5.56 Å². The van der Waals surface area contributed by atoms with Crippen molar-refractivity contribution in [3.05, 3.63) is 58.7 Å². The van der Waals surface area contributed by atoms with Crippen molar-refractivity contribution in [2.75, 3.05) is 5.32 Å². The first-order valence-electron chi connectivity index (χ1n) is 7.25. The number of aromatic nitrogens is 1. The van der Waals surface area contributed by atoms with Crippen molar-refractivity contribution in [3.63, 3.8) is 0 Å². The third-order valence-electron chi connectivity index (χ3n) is 3.05. The fraction of sp³-hybridized carbons (Fsp3) is 0.176. The van der Waals surface area contributed by atoms with Crippen LogP contribution in [0, 0.1) is 6.92 Å². The number of anilines is 1. The molecule has 24 heavy (non-hydrogen) atoms. The quantitative estimate of drug-likeness (QED) is 0.645. The number of halogens is 1. The molecule has 0 aliphatic heterocycles. The summed E-state index contributed by atoms with van der Waals surface area (Å²) in [6, 6.07) is 10.0. The van der Waals surface area contributed by atoms with Crippen LogP contribution in [0.15, 0.2) is 47.7 Å². The van der Waals surface area contributed by atoms with Crippen LogP contribution in [0.2, 0.25) is 5.02 Å². The molecule has 2 rings (SSSR count). The molecule has 0 radical (unpaired) electrons. The molecule has 1 aromatic heterocycles. The Morgan fingerprint density at radius 2 is 1.92 bits per heavy atom. The van der Waals surface area contributed by atoms with Crippen LogP contribution in [0.25, 0.3) is 0 Å². The second-order valence-electron chi connectivity index (χ2n) is 5.24. The number of rotatable bonds is 5. The van der Waals surface area contributed by atoms with Gasteiger partial charge in [0, 0.05) is 22.5 Å². The number of pyridine rings is 1. The molecule has 0 atom stereocenters. The van der Waals surface area contributed by atoms with Crippen molar-refractivity contribution >= 4 is 34.9 Å². The van der Waals surface area contributed by atoms with E-state index in [9.17, 15) is 9.59 Å². The molecule has 2 N–H and O–H groups in total. The zero-order valence-electron chi connectivity index (χ0n) is 13.3. The summed E-state index contributed by atoms with van der Waals surface area (Å²) in [5.41, 5.74) is 4.32. The van der Waals surface area contributed by atoms with Crippen molar-refractivity contribution in [3.8, 4) is 0 Å². The minimum absolute atomic E-state index is 0.0521. The summed E-state index contributed by atoms with van der Waals surface area (Å²) in [6.45, 7) is 3.57. The molecule has 7 heteroatoms. The number of hydrogen-bond acceptors (Lipinski definition) is 4. The lowest BCUT2D eigenvalue weighted by molar-refractivity contribution is -0.115. The number of nitrogens with one attached hydrogen (secondary N) is 2. The van der Waals surface area contributed by atoms with Crippen LogP contribution < -0.4 is 10.7 Å². The van der Waals surface area contributed by atoms with Gasteiger partial charge in [-0.05, 0) is 55.8 Å². The van der Waals surface area contributed by atoms with Gasteiger partial charge in [0.15, 0.2) is 0 Å². The van der Waals surface area contributed by atoms with Crippen molar-refractivity contribution in [2.45, 2.75) is 20.3 Å². The van der Waals surface area contributed by atoms with Gasteiger partial charge in [-0.2, -0.15) is 5.10 Å². The molecule has 6 nitrogen and oxygen atoms in total. The summed E-state index contributed by atoms with van der Waals surface area (Å²) in [6.07, 6.45) is 1.68.